The van der Waals surface area contributed by atoms with Gasteiger partial charge in [-0.3, -0.25) is 0 Å². The van der Waals surface area contributed by atoms with Gasteiger partial charge in [0.1, 0.15) is 22.9 Å². The van der Waals surface area contributed by atoms with Crippen LogP contribution in [-0.2, 0) is 11.2 Å². The van der Waals surface area contributed by atoms with Gasteiger partial charge in [0.25, 0.3) is 0 Å². The largest absolute Gasteiger partial charge is 0.494 e. The van der Waals surface area contributed by atoms with Crippen molar-refractivity contribution in [2.24, 2.45) is 5.92 Å². The van der Waals surface area contributed by atoms with Gasteiger partial charge in [-0.25, -0.2) is 14.8 Å². The SMILES string of the molecule is CCOc1cccc(-c2nc(Nc3ncc(-c4ccco4)cc3C(=O)OC)sc2CC(C)C)c1. The van der Waals surface area contributed by atoms with Crippen molar-refractivity contribution < 1.29 is 18.7 Å². The quantitative estimate of drug-likeness (QED) is 0.272. The van der Waals surface area contributed by atoms with Crippen molar-refractivity contribution in [3.05, 3.63) is 65.4 Å². The third kappa shape index (κ3) is 5.28. The summed E-state index contributed by atoms with van der Waals surface area (Å²) in [6.07, 6.45) is 4.11. The molecule has 0 amide bonds. The molecular weight excluding hydrogens is 450 g/mol. The van der Waals surface area contributed by atoms with Gasteiger partial charge in [0.2, 0.25) is 0 Å². The van der Waals surface area contributed by atoms with Crippen molar-refractivity contribution in [2.45, 2.75) is 27.2 Å². The molecule has 1 N–H and O–H groups in total. The number of ether oxygens (including phenoxy) is 2. The van der Waals surface area contributed by atoms with E-state index in [1.807, 2.05) is 37.3 Å². The van der Waals surface area contributed by atoms with Crippen molar-refractivity contribution in [3.63, 3.8) is 0 Å². The Kier molecular flexibility index (Phi) is 7.27. The number of carbonyl (C=O) groups excluding carboxylic acids is 1. The summed E-state index contributed by atoms with van der Waals surface area (Å²) in [6.45, 7) is 6.92. The molecule has 0 aliphatic carbocycles. The van der Waals surface area contributed by atoms with E-state index in [4.69, 9.17) is 18.9 Å². The second-order valence-electron chi connectivity index (χ2n) is 8.06. The first-order valence-electron chi connectivity index (χ1n) is 11.1. The number of hydrogen-bond acceptors (Lipinski definition) is 8. The van der Waals surface area contributed by atoms with Crippen molar-refractivity contribution in [1.29, 1.82) is 0 Å². The van der Waals surface area contributed by atoms with Gasteiger partial charge in [-0.1, -0.05) is 26.0 Å². The molecule has 0 saturated heterocycles. The first kappa shape index (κ1) is 23.5. The minimum atomic E-state index is -0.494. The van der Waals surface area contributed by atoms with E-state index in [2.05, 4.69) is 24.1 Å². The Morgan fingerprint density at radius 3 is 2.74 bits per heavy atom. The van der Waals surface area contributed by atoms with E-state index in [1.54, 1.807) is 35.9 Å². The highest BCUT2D eigenvalue weighted by Crippen LogP contribution is 2.36. The van der Waals surface area contributed by atoms with E-state index in [0.29, 0.717) is 40.4 Å². The molecule has 0 unspecified atom stereocenters. The summed E-state index contributed by atoms with van der Waals surface area (Å²) in [6, 6.07) is 13.2. The van der Waals surface area contributed by atoms with Crippen LogP contribution in [0.4, 0.5) is 10.9 Å². The van der Waals surface area contributed by atoms with Crippen LogP contribution in [0.3, 0.4) is 0 Å². The molecule has 0 fully saturated rings. The lowest BCUT2D eigenvalue weighted by atomic mass is 10.0. The molecule has 0 aliphatic rings. The van der Waals surface area contributed by atoms with Crippen molar-refractivity contribution in [2.75, 3.05) is 19.0 Å². The van der Waals surface area contributed by atoms with Gasteiger partial charge < -0.3 is 19.2 Å². The number of hydrogen-bond donors (Lipinski definition) is 1. The van der Waals surface area contributed by atoms with Gasteiger partial charge in [-0.15, -0.1) is 11.3 Å². The first-order chi connectivity index (χ1) is 16.5. The molecule has 0 radical (unpaired) electrons. The first-order valence-corrected chi connectivity index (χ1v) is 11.9. The van der Waals surface area contributed by atoms with Crippen LogP contribution in [0.5, 0.6) is 5.75 Å². The Labute approximate surface area is 202 Å². The van der Waals surface area contributed by atoms with E-state index < -0.39 is 5.97 Å². The Bertz CT molecular complexity index is 1270. The molecule has 0 bridgehead atoms. The van der Waals surface area contributed by atoms with Crippen LogP contribution in [-0.4, -0.2) is 29.7 Å². The third-order valence-electron chi connectivity index (χ3n) is 5.03. The Hall–Kier alpha value is -3.65. The topological polar surface area (TPSA) is 86.5 Å². The average Bonchev–Trinajstić information content (AvgIpc) is 3.49. The lowest BCUT2D eigenvalue weighted by Gasteiger charge is -2.09. The summed E-state index contributed by atoms with van der Waals surface area (Å²) >= 11 is 1.55. The third-order valence-corrected chi connectivity index (χ3v) is 6.03. The molecule has 7 nitrogen and oxygen atoms in total. The zero-order valence-electron chi connectivity index (χ0n) is 19.6. The molecule has 4 aromatic rings. The number of furan rings is 1. The molecule has 176 valence electrons. The van der Waals surface area contributed by atoms with Crippen molar-refractivity contribution in [3.8, 4) is 28.3 Å². The summed E-state index contributed by atoms with van der Waals surface area (Å²) in [4.78, 5) is 23.0. The number of thiazole rings is 1. The van der Waals surface area contributed by atoms with E-state index in [-0.39, 0.29) is 0 Å². The van der Waals surface area contributed by atoms with Crippen LogP contribution in [0, 0.1) is 5.92 Å². The standard InChI is InChI=1S/C26H27N3O4S/c1-5-32-19-9-6-8-17(13-19)23-22(12-16(2)3)34-26(28-23)29-24-20(25(30)31-4)14-18(15-27-24)21-10-7-11-33-21/h6-11,13-16H,5,12H2,1-4H3,(H,27,28,29). The maximum atomic E-state index is 12.5. The summed E-state index contributed by atoms with van der Waals surface area (Å²) in [5.41, 5.74) is 2.87. The molecule has 0 saturated carbocycles. The summed E-state index contributed by atoms with van der Waals surface area (Å²) in [5.74, 6) is 1.77. The number of nitrogens with one attached hydrogen (secondary N) is 1. The molecule has 0 aliphatic heterocycles. The Balaban J connectivity index is 1.71. The molecule has 34 heavy (non-hydrogen) atoms. The fourth-order valence-corrected chi connectivity index (χ4v) is 4.74. The highest BCUT2D eigenvalue weighted by atomic mass is 32.1. The normalized spacial score (nSPS) is 11.0. The Morgan fingerprint density at radius 2 is 2.03 bits per heavy atom. The van der Waals surface area contributed by atoms with Crippen LogP contribution in [0.15, 0.2) is 59.3 Å². The number of benzene rings is 1. The second-order valence-corrected chi connectivity index (χ2v) is 9.15. The second kappa shape index (κ2) is 10.5. The minimum absolute atomic E-state index is 0.303. The average molecular weight is 478 g/mol. The van der Waals surface area contributed by atoms with Crippen LogP contribution >= 0.6 is 11.3 Å². The van der Waals surface area contributed by atoms with Gasteiger partial charge >= 0.3 is 5.97 Å². The maximum Gasteiger partial charge on any atom is 0.341 e. The van der Waals surface area contributed by atoms with Gasteiger partial charge in [0, 0.05) is 22.2 Å². The summed E-state index contributed by atoms with van der Waals surface area (Å²) in [7, 11) is 1.35. The molecule has 8 heteroatoms. The molecule has 4 rings (SSSR count). The Morgan fingerprint density at radius 1 is 1.18 bits per heavy atom. The number of carbonyl (C=O) groups is 1. The van der Waals surface area contributed by atoms with Gasteiger partial charge in [0.05, 0.1) is 25.7 Å². The van der Waals surface area contributed by atoms with E-state index in [9.17, 15) is 4.79 Å². The van der Waals surface area contributed by atoms with Crippen LogP contribution in [0.2, 0.25) is 0 Å². The number of esters is 1. The zero-order chi connectivity index (χ0) is 24.1. The smallest absolute Gasteiger partial charge is 0.341 e. The van der Waals surface area contributed by atoms with E-state index in [0.717, 1.165) is 28.3 Å². The molecule has 0 atom stereocenters. The van der Waals surface area contributed by atoms with Crippen molar-refractivity contribution >= 4 is 28.3 Å². The predicted octanol–water partition coefficient (Wildman–Crippen LogP) is 6.59. The lowest BCUT2D eigenvalue weighted by Crippen LogP contribution is -2.07. The number of nitrogens with zero attached hydrogens (tertiary/aromatic N) is 2. The van der Waals surface area contributed by atoms with Crippen LogP contribution < -0.4 is 10.1 Å². The lowest BCUT2D eigenvalue weighted by molar-refractivity contribution is 0.0601. The summed E-state index contributed by atoms with van der Waals surface area (Å²) in [5, 5.41) is 3.89. The van der Waals surface area contributed by atoms with Gasteiger partial charge in [-0.2, -0.15) is 0 Å². The number of aromatic nitrogens is 2. The van der Waals surface area contributed by atoms with Gasteiger partial charge in [-0.05, 0) is 49.6 Å². The highest BCUT2D eigenvalue weighted by molar-refractivity contribution is 7.16. The summed E-state index contributed by atoms with van der Waals surface area (Å²) < 4.78 is 16.1. The number of pyridine rings is 1. The number of rotatable bonds is 9. The van der Waals surface area contributed by atoms with Crippen LogP contribution in [0.1, 0.15) is 36.0 Å². The van der Waals surface area contributed by atoms with Gasteiger partial charge in [0.15, 0.2) is 5.13 Å². The molecule has 0 spiro atoms. The highest BCUT2D eigenvalue weighted by Gasteiger charge is 2.20. The number of methoxy groups -OCH3 is 1. The molecule has 3 aromatic heterocycles. The fourth-order valence-electron chi connectivity index (χ4n) is 3.55. The van der Waals surface area contributed by atoms with E-state index >= 15 is 0 Å². The van der Waals surface area contributed by atoms with E-state index in [1.165, 1.54) is 7.11 Å². The monoisotopic (exact) mass is 477 g/mol. The predicted molar refractivity (Wildman–Crippen MR) is 134 cm³/mol. The molecule has 3 heterocycles. The van der Waals surface area contributed by atoms with Crippen LogP contribution in [0.25, 0.3) is 22.6 Å². The fraction of sp³-hybridized carbons (Fsp3) is 0.269. The maximum absolute atomic E-state index is 12.5. The zero-order valence-corrected chi connectivity index (χ0v) is 20.4. The number of anilines is 2. The minimum Gasteiger partial charge on any atom is -0.494 e. The molecular formula is C26H27N3O4S. The van der Waals surface area contributed by atoms with Crippen molar-refractivity contribution in [1.82, 2.24) is 9.97 Å². The molecule has 1 aromatic carbocycles.